The van der Waals surface area contributed by atoms with Crippen LogP contribution in [0.5, 0.6) is 0 Å². The summed E-state index contributed by atoms with van der Waals surface area (Å²) in [6.45, 7) is 5.84. The van der Waals surface area contributed by atoms with E-state index in [9.17, 15) is 4.79 Å². The van der Waals surface area contributed by atoms with E-state index in [0.717, 1.165) is 11.1 Å². The molecule has 1 amide bonds. The van der Waals surface area contributed by atoms with Gasteiger partial charge in [-0.2, -0.15) is 0 Å². The second-order valence-corrected chi connectivity index (χ2v) is 5.50. The van der Waals surface area contributed by atoms with Gasteiger partial charge in [-0.1, -0.05) is 36.4 Å². The van der Waals surface area contributed by atoms with Crippen molar-refractivity contribution in [3.8, 4) is 11.1 Å². The first-order valence-corrected chi connectivity index (χ1v) is 6.30. The summed E-state index contributed by atoms with van der Waals surface area (Å²) in [5.74, 6) is -0.146. The number of carbonyl (C=O) groups is 1. The number of rotatable bonds is 2. The molecule has 0 bridgehead atoms. The van der Waals surface area contributed by atoms with Gasteiger partial charge >= 0.3 is 0 Å². The molecule has 0 aliphatic heterocycles. The van der Waals surface area contributed by atoms with E-state index in [4.69, 9.17) is 0 Å². The molecule has 2 aromatic rings. The Morgan fingerprint density at radius 3 is 2.21 bits per heavy atom. The minimum absolute atomic E-state index is 0.146. The van der Waals surface area contributed by atoms with Gasteiger partial charge in [0.15, 0.2) is 0 Å². The summed E-state index contributed by atoms with van der Waals surface area (Å²) < 4.78 is 0. The summed E-state index contributed by atoms with van der Waals surface area (Å²) in [4.78, 5) is 16.2. The molecule has 0 atom stereocenters. The lowest BCUT2D eigenvalue weighted by Crippen LogP contribution is -2.40. The van der Waals surface area contributed by atoms with Crippen molar-refractivity contribution in [2.45, 2.75) is 26.3 Å². The molecule has 0 radical (unpaired) electrons. The van der Waals surface area contributed by atoms with Gasteiger partial charge in [-0.05, 0) is 32.4 Å². The van der Waals surface area contributed by atoms with Gasteiger partial charge in [-0.15, -0.1) is 0 Å². The fraction of sp³-hybridized carbons (Fsp3) is 0.250. The maximum Gasteiger partial charge on any atom is 0.270 e. The molecule has 1 aromatic heterocycles. The predicted molar refractivity (Wildman–Crippen MR) is 76.9 cm³/mol. The topological polar surface area (TPSA) is 42.0 Å². The lowest BCUT2D eigenvalue weighted by atomic mass is 10.1. The van der Waals surface area contributed by atoms with Crippen LogP contribution in [0.25, 0.3) is 11.1 Å². The van der Waals surface area contributed by atoms with E-state index in [1.165, 1.54) is 0 Å². The van der Waals surface area contributed by atoms with E-state index in [1.54, 1.807) is 12.3 Å². The van der Waals surface area contributed by atoms with E-state index in [1.807, 2.05) is 57.2 Å². The molecule has 98 valence electrons. The molecule has 0 aliphatic carbocycles. The van der Waals surface area contributed by atoms with E-state index < -0.39 is 0 Å². The molecule has 2 rings (SSSR count). The van der Waals surface area contributed by atoms with Crippen molar-refractivity contribution in [1.82, 2.24) is 10.3 Å². The fourth-order valence-electron chi connectivity index (χ4n) is 1.73. The Morgan fingerprint density at radius 2 is 1.68 bits per heavy atom. The van der Waals surface area contributed by atoms with Crippen molar-refractivity contribution in [3.63, 3.8) is 0 Å². The van der Waals surface area contributed by atoms with Gasteiger partial charge in [0.25, 0.3) is 5.91 Å². The van der Waals surface area contributed by atoms with E-state index in [-0.39, 0.29) is 11.4 Å². The first-order chi connectivity index (χ1) is 8.96. The van der Waals surface area contributed by atoms with Crippen LogP contribution in [-0.2, 0) is 0 Å². The minimum Gasteiger partial charge on any atom is -0.346 e. The van der Waals surface area contributed by atoms with Crippen molar-refractivity contribution >= 4 is 5.91 Å². The first-order valence-electron chi connectivity index (χ1n) is 6.30. The standard InChI is InChI=1S/C16H18N2O/c1-16(2,3)18-15(19)14-10-9-13(11-17-14)12-7-5-4-6-8-12/h4-11H,1-3H3,(H,18,19). The normalized spacial score (nSPS) is 11.1. The van der Waals surface area contributed by atoms with Gasteiger partial charge in [0, 0.05) is 17.3 Å². The highest BCUT2D eigenvalue weighted by Crippen LogP contribution is 2.17. The van der Waals surface area contributed by atoms with Crippen molar-refractivity contribution in [2.24, 2.45) is 0 Å². The molecule has 0 unspecified atom stereocenters. The molecule has 0 fully saturated rings. The van der Waals surface area contributed by atoms with Gasteiger partial charge < -0.3 is 5.32 Å². The van der Waals surface area contributed by atoms with E-state index >= 15 is 0 Å². The molecule has 0 saturated carbocycles. The van der Waals surface area contributed by atoms with Gasteiger partial charge in [0.1, 0.15) is 5.69 Å². The number of aromatic nitrogens is 1. The van der Waals surface area contributed by atoms with E-state index in [0.29, 0.717) is 5.69 Å². The number of nitrogens with one attached hydrogen (secondary N) is 1. The van der Waals surface area contributed by atoms with Gasteiger partial charge in [-0.3, -0.25) is 9.78 Å². The third-order valence-electron chi connectivity index (χ3n) is 2.59. The maximum absolute atomic E-state index is 11.9. The van der Waals surface area contributed by atoms with Crippen LogP contribution in [0.15, 0.2) is 48.7 Å². The molecule has 3 heteroatoms. The maximum atomic E-state index is 11.9. The molecule has 1 N–H and O–H groups in total. The molecule has 1 heterocycles. The summed E-state index contributed by atoms with van der Waals surface area (Å²) in [7, 11) is 0. The summed E-state index contributed by atoms with van der Waals surface area (Å²) in [5.41, 5.74) is 2.29. The monoisotopic (exact) mass is 254 g/mol. The van der Waals surface area contributed by atoms with Crippen LogP contribution in [-0.4, -0.2) is 16.4 Å². The number of pyridine rings is 1. The first kappa shape index (κ1) is 13.3. The van der Waals surface area contributed by atoms with Crippen LogP contribution in [0.2, 0.25) is 0 Å². The largest absolute Gasteiger partial charge is 0.346 e. The number of nitrogens with zero attached hydrogens (tertiary/aromatic N) is 1. The van der Waals surface area contributed by atoms with Crippen LogP contribution >= 0.6 is 0 Å². The zero-order chi connectivity index (χ0) is 13.9. The lowest BCUT2D eigenvalue weighted by molar-refractivity contribution is 0.0914. The Kier molecular flexibility index (Phi) is 3.65. The summed E-state index contributed by atoms with van der Waals surface area (Å²) in [5, 5.41) is 2.89. The average Bonchev–Trinajstić information content (AvgIpc) is 2.38. The number of hydrogen-bond acceptors (Lipinski definition) is 2. The van der Waals surface area contributed by atoms with Crippen LogP contribution in [0.1, 0.15) is 31.3 Å². The minimum atomic E-state index is -0.253. The lowest BCUT2D eigenvalue weighted by Gasteiger charge is -2.20. The molecule has 0 aliphatic rings. The number of amides is 1. The van der Waals surface area contributed by atoms with Crippen molar-refractivity contribution in [1.29, 1.82) is 0 Å². The molecule has 3 nitrogen and oxygen atoms in total. The van der Waals surface area contributed by atoms with E-state index in [2.05, 4.69) is 10.3 Å². The average molecular weight is 254 g/mol. The molecule has 19 heavy (non-hydrogen) atoms. The third kappa shape index (κ3) is 3.65. The highest BCUT2D eigenvalue weighted by atomic mass is 16.2. The predicted octanol–water partition coefficient (Wildman–Crippen LogP) is 3.28. The molecule has 0 saturated heterocycles. The molecular formula is C16H18N2O. The quantitative estimate of drug-likeness (QED) is 0.893. The SMILES string of the molecule is CC(C)(C)NC(=O)c1ccc(-c2ccccc2)cn1. The fourth-order valence-corrected chi connectivity index (χ4v) is 1.73. The van der Waals surface area contributed by atoms with Gasteiger partial charge in [0.05, 0.1) is 0 Å². The number of hydrogen-bond donors (Lipinski definition) is 1. The molecule has 1 aromatic carbocycles. The summed E-state index contributed by atoms with van der Waals surface area (Å²) in [6, 6.07) is 13.6. The highest BCUT2D eigenvalue weighted by Gasteiger charge is 2.15. The smallest absolute Gasteiger partial charge is 0.270 e. The van der Waals surface area contributed by atoms with Crippen molar-refractivity contribution in [2.75, 3.05) is 0 Å². The zero-order valence-electron chi connectivity index (χ0n) is 11.5. The Bertz CT molecular complexity index is 554. The Labute approximate surface area is 113 Å². The van der Waals surface area contributed by atoms with Crippen LogP contribution in [0.3, 0.4) is 0 Å². The van der Waals surface area contributed by atoms with Crippen LogP contribution in [0, 0.1) is 0 Å². The Balaban J connectivity index is 2.17. The molecule has 0 spiro atoms. The van der Waals surface area contributed by atoms with Crippen molar-refractivity contribution < 1.29 is 4.79 Å². The van der Waals surface area contributed by atoms with Crippen LogP contribution < -0.4 is 5.32 Å². The summed E-state index contributed by atoms with van der Waals surface area (Å²) >= 11 is 0. The Hall–Kier alpha value is -2.16. The Morgan fingerprint density at radius 1 is 1.00 bits per heavy atom. The third-order valence-corrected chi connectivity index (χ3v) is 2.59. The van der Waals surface area contributed by atoms with Crippen molar-refractivity contribution in [3.05, 3.63) is 54.4 Å². The highest BCUT2D eigenvalue weighted by molar-refractivity contribution is 5.93. The number of benzene rings is 1. The molecular weight excluding hydrogens is 236 g/mol. The summed E-state index contributed by atoms with van der Waals surface area (Å²) in [6.07, 6.45) is 1.73. The van der Waals surface area contributed by atoms with Crippen LogP contribution in [0.4, 0.5) is 0 Å². The second-order valence-electron chi connectivity index (χ2n) is 5.50. The number of carbonyl (C=O) groups excluding carboxylic acids is 1. The van der Waals surface area contributed by atoms with Gasteiger partial charge in [-0.25, -0.2) is 0 Å². The second kappa shape index (κ2) is 5.22. The van der Waals surface area contributed by atoms with Gasteiger partial charge in [0.2, 0.25) is 0 Å². The zero-order valence-corrected chi connectivity index (χ0v) is 11.5.